The molecule has 0 saturated carbocycles. The number of anilines is 2. The zero-order chi connectivity index (χ0) is 18.1. The van der Waals surface area contributed by atoms with Crippen LogP contribution in [0.15, 0.2) is 42.6 Å². The molecule has 0 aliphatic heterocycles. The second kappa shape index (κ2) is 9.27. The molecule has 7 heteroatoms. The monoisotopic (exact) mass is 342 g/mol. The molecule has 3 N–H and O–H groups in total. The number of carbonyl (C=O) groups excluding carboxylic acids is 2. The van der Waals surface area contributed by atoms with Crippen LogP contribution < -0.4 is 20.7 Å². The summed E-state index contributed by atoms with van der Waals surface area (Å²) in [5, 5.41) is 8.02. The van der Waals surface area contributed by atoms with E-state index in [9.17, 15) is 9.59 Å². The minimum atomic E-state index is -0.395. The number of amides is 3. The fraction of sp³-hybridized carbons (Fsp3) is 0.278. The summed E-state index contributed by atoms with van der Waals surface area (Å²) in [5.74, 6) is 0.875. The largest absolute Gasteiger partial charge is 0.492 e. The van der Waals surface area contributed by atoms with Gasteiger partial charge in [-0.25, -0.2) is 9.78 Å². The maximum Gasteiger partial charge on any atom is 0.319 e. The number of urea groups is 1. The Hall–Kier alpha value is -3.09. The number of rotatable bonds is 7. The number of aryl methyl sites for hydroxylation is 1. The number of ether oxygens (including phenoxy) is 1. The number of pyridine rings is 1. The minimum absolute atomic E-state index is 0.149. The van der Waals surface area contributed by atoms with Crippen LogP contribution >= 0.6 is 0 Å². The molecule has 25 heavy (non-hydrogen) atoms. The van der Waals surface area contributed by atoms with Crippen molar-refractivity contribution in [1.82, 2.24) is 10.3 Å². The van der Waals surface area contributed by atoms with Gasteiger partial charge in [0.25, 0.3) is 0 Å². The number of nitrogens with zero attached hydrogens (tertiary/aromatic N) is 1. The van der Waals surface area contributed by atoms with E-state index in [1.807, 2.05) is 26.0 Å². The molecule has 0 spiro atoms. The van der Waals surface area contributed by atoms with E-state index in [-0.39, 0.29) is 18.9 Å². The Kier molecular flexibility index (Phi) is 6.76. The highest BCUT2D eigenvalue weighted by molar-refractivity contribution is 5.92. The molecule has 0 aliphatic rings. The summed E-state index contributed by atoms with van der Waals surface area (Å²) in [5.41, 5.74) is 1.60. The summed E-state index contributed by atoms with van der Waals surface area (Å²) in [6.07, 6.45) is 1.83. The number of nitrogens with one attached hydrogen (secondary N) is 3. The Morgan fingerprint density at radius 3 is 2.64 bits per heavy atom. The fourth-order valence-electron chi connectivity index (χ4n) is 2.05. The standard InChI is InChI=1S/C18H22N4O3/c1-3-25-15-7-5-4-6-14(15)21-18(24)19-11-10-17(23)22-16-9-8-13(2)12-20-16/h4-9,12H,3,10-11H2,1-2H3,(H2,19,21,24)(H,20,22,23). The molecule has 0 saturated heterocycles. The van der Waals surface area contributed by atoms with Crippen LogP contribution in [0, 0.1) is 6.92 Å². The van der Waals surface area contributed by atoms with Crippen LogP contribution in [0.2, 0.25) is 0 Å². The van der Waals surface area contributed by atoms with Gasteiger partial charge in [0.2, 0.25) is 5.91 Å². The molecule has 0 aliphatic carbocycles. The predicted molar refractivity (Wildman–Crippen MR) is 96.9 cm³/mol. The van der Waals surface area contributed by atoms with Crippen molar-refractivity contribution in [2.75, 3.05) is 23.8 Å². The van der Waals surface area contributed by atoms with E-state index in [4.69, 9.17) is 4.74 Å². The fourth-order valence-corrected chi connectivity index (χ4v) is 2.05. The summed E-state index contributed by atoms with van der Waals surface area (Å²) >= 11 is 0. The summed E-state index contributed by atoms with van der Waals surface area (Å²) < 4.78 is 5.44. The molecule has 1 aromatic carbocycles. The van der Waals surface area contributed by atoms with Crippen LogP contribution in [-0.2, 0) is 4.79 Å². The maximum atomic E-state index is 11.9. The molecule has 1 heterocycles. The van der Waals surface area contributed by atoms with Gasteiger partial charge in [0.05, 0.1) is 12.3 Å². The third kappa shape index (κ3) is 6.14. The van der Waals surface area contributed by atoms with E-state index in [1.54, 1.807) is 30.5 Å². The Morgan fingerprint density at radius 1 is 1.12 bits per heavy atom. The second-order valence-electron chi connectivity index (χ2n) is 5.33. The molecular formula is C18H22N4O3. The topological polar surface area (TPSA) is 92.4 Å². The highest BCUT2D eigenvalue weighted by atomic mass is 16.5. The second-order valence-corrected chi connectivity index (χ2v) is 5.33. The van der Waals surface area contributed by atoms with Crippen LogP contribution in [0.25, 0.3) is 0 Å². The number of aromatic nitrogens is 1. The SMILES string of the molecule is CCOc1ccccc1NC(=O)NCCC(=O)Nc1ccc(C)cn1. The Labute approximate surface area is 146 Å². The van der Waals surface area contributed by atoms with Crippen molar-refractivity contribution in [1.29, 1.82) is 0 Å². The van der Waals surface area contributed by atoms with Gasteiger partial charge < -0.3 is 20.7 Å². The van der Waals surface area contributed by atoms with E-state index < -0.39 is 6.03 Å². The average molecular weight is 342 g/mol. The average Bonchev–Trinajstić information content (AvgIpc) is 2.59. The Morgan fingerprint density at radius 2 is 1.92 bits per heavy atom. The number of hydrogen-bond acceptors (Lipinski definition) is 4. The van der Waals surface area contributed by atoms with E-state index in [2.05, 4.69) is 20.9 Å². The highest BCUT2D eigenvalue weighted by Gasteiger charge is 2.08. The normalized spacial score (nSPS) is 10.0. The first kappa shape index (κ1) is 18.3. The Bertz CT molecular complexity index is 717. The van der Waals surface area contributed by atoms with Crippen LogP contribution in [-0.4, -0.2) is 30.1 Å². The number of carbonyl (C=O) groups is 2. The molecule has 0 radical (unpaired) electrons. The van der Waals surface area contributed by atoms with Crippen molar-refractivity contribution in [2.24, 2.45) is 0 Å². The Balaban J connectivity index is 1.75. The predicted octanol–water partition coefficient (Wildman–Crippen LogP) is 2.94. The first-order chi connectivity index (χ1) is 12.1. The van der Waals surface area contributed by atoms with Crippen LogP contribution in [0.1, 0.15) is 18.9 Å². The highest BCUT2D eigenvalue weighted by Crippen LogP contribution is 2.23. The van der Waals surface area contributed by atoms with E-state index in [1.165, 1.54) is 0 Å². The van der Waals surface area contributed by atoms with Gasteiger partial charge in [-0.2, -0.15) is 0 Å². The van der Waals surface area contributed by atoms with Crippen molar-refractivity contribution >= 4 is 23.4 Å². The first-order valence-corrected chi connectivity index (χ1v) is 8.07. The summed E-state index contributed by atoms with van der Waals surface area (Å²) in [6, 6.07) is 10.4. The molecule has 132 valence electrons. The molecule has 0 unspecified atom stereocenters. The van der Waals surface area contributed by atoms with E-state index in [0.717, 1.165) is 5.56 Å². The molecular weight excluding hydrogens is 320 g/mol. The lowest BCUT2D eigenvalue weighted by atomic mass is 10.3. The summed E-state index contributed by atoms with van der Waals surface area (Å²) in [4.78, 5) is 27.9. The van der Waals surface area contributed by atoms with Gasteiger partial charge in [0.1, 0.15) is 11.6 Å². The third-order valence-corrected chi connectivity index (χ3v) is 3.25. The lowest BCUT2D eigenvalue weighted by Gasteiger charge is -2.12. The van der Waals surface area contributed by atoms with Gasteiger partial charge in [-0.15, -0.1) is 0 Å². The van der Waals surface area contributed by atoms with Gasteiger partial charge in [-0.05, 0) is 37.6 Å². The summed E-state index contributed by atoms with van der Waals surface area (Å²) in [6.45, 7) is 4.51. The molecule has 0 atom stereocenters. The first-order valence-electron chi connectivity index (χ1n) is 8.07. The smallest absolute Gasteiger partial charge is 0.319 e. The van der Waals surface area contributed by atoms with Crippen molar-refractivity contribution in [3.05, 3.63) is 48.2 Å². The lowest BCUT2D eigenvalue weighted by Crippen LogP contribution is -2.31. The van der Waals surface area contributed by atoms with Crippen LogP contribution in [0.4, 0.5) is 16.3 Å². The number of para-hydroxylation sites is 2. The van der Waals surface area contributed by atoms with Gasteiger partial charge in [0.15, 0.2) is 0 Å². The third-order valence-electron chi connectivity index (χ3n) is 3.25. The summed E-state index contributed by atoms with van der Waals surface area (Å²) in [7, 11) is 0. The van der Waals surface area contributed by atoms with Crippen molar-refractivity contribution in [3.8, 4) is 5.75 Å². The zero-order valence-electron chi connectivity index (χ0n) is 14.3. The molecule has 0 fully saturated rings. The maximum absolute atomic E-state index is 11.9. The van der Waals surface area contributed by atoms with Crippen molar-refractivity contribution < 1.29 is 14.3 Å². The molecule has 3 amide bonds. The van der Waals surface area contributed by atoms with Crippen molar-refractivity contribution in [2.45, 2.75) is 20.3 Å². The van der Waals surface area contributed by atoms with E-state index >= 15 is 0 Å². The van der Waals surface area contributed by atoms with Crippen LogP contribution in [0.3, 0.4) is 0 Å². The molecule has 7 nitrogen and oxygen atoms in total. The number of benzene rings is 1. The van der Waals surface area contributed by atoms with E-state index in [0.29, 0.717) is 23.9 Å². The van der Waals surface area contributed by atoms with Crippen molar-refractivity contribution in [3.63, 3.8) is 0 Å². The molecule has 1 aromatic heterocycles. The number of hydrogen-bond donors (Lipinski definition) is 3. The minimum Gasteiger partial charge on any atom is -0.492 e. The zero-order valence-corrected chi connectivity index (χ0v) is 14.3. The van der Waals surface area contributed by atoms with Gasteiger partial charge in [-0.1, -0.05) is 18.2 Å². The van der Waals surface area contributed by atoms with Gasteiger partial charge in [-0.3, -0.25) is 4.79 Å². The van der Waals surface area contributed by atoms with Crippen LogP contribution in [0.5, 0.6) is 5.75 Å². The van der Waals surface area contributed by atoms with Gasteiger partial charge >= 0.3 is 6.03 Å². The van der Waals surface area contributed by atoms with Gasteiger partial charge in [0, 0.05) is 19.2 Å². The molecule has 0 bridgehead atoms. The quantitative estimate of drug-likeness (QED) is 0.721. The lowest BCUT2D eigenvalue weighted by molar-refractivity contribution is -0.116. The molecule has 2 rings (SSSR count). The molecule has 2 aromatic rings.